The average Bonchev–Trinajstić information content (AvgIpc) is 2.72. The third kappa shape index (κ3) is 2.39. The lowest BCUT2D eigenvalue weighted by Crippen LogP contribution is -2.25. The van der Waals surface area contributed by atoms with Crippen LogP contribution in [0.15, 0.2) is 5.10 Å². The van der Waals surface area contributed by atoms with Gasteiger partial charge in [-0.05, 0) is 37.4 Å². The van der Waals surface area contributed by atoms with Gasteiger partial charge >= 0.3 is 0 Å². The number of hydrogen-bond donors (Lipinski definition) is 1. The van der Waals surface area contributed by atoms with Crippen LogP contribution in [0.1, 0.15) is 32.6 Å². The van der Waals surface area contributed by atoms with E-state index in [0.717, 1.165) is 5.92 Å². The van der Waals surface area contributed by atoms with Gasteiger partial charge in [-0.3, -0.25) is 0 Å². The zero-order valence-electron chi connectivity index (χ0n) is 8.25. The molecule has 0 aromatic carbocycles. The molecular weight excluding hydrogens is 180 g/mol. The third-order valence-corrected chi connectivity index (χ3v) is 4.12. The molecule has 2 nitrogen and oxygen atoms in total. The highest BCUT2D eigenvalue weighted by Crippen LogP contribution is 2.22. The second-order valence-electron chi connectivity index (χ2n) is 4.09. The molecule has 0 radical (unpaired) electrons. The van der Waals surface area contributed by atoms with Crippen molar-refractivity contribution < 1.29 is 0 Å². The highest BCUT2D eigenvalue weighted by atomic mass is 32.2. The molecular formula is C10H18N2S. The van der Waals surface area contributed by atoms with Crippen LogP contribution >= 0.6 is 11.8 Å². The van der Waals surface area contributed by atoms with Crippen molar-refractivity contribution in [3.63, 3.8) is 0 Å². The Morgan fingerprint density at radius 2 is 2.38 bits per heavy atom. The molecule has 0 spiro atoms. The Balaban J connectivity index is 1.81. The molecule has 2 aliphatic rings. The van der Waals surface area contributed by atoms with Crippen LogP contribution in [0.25, 0.3) is 0 Å². The Morgan fingerprint density at radius 1 is 1.46 bits per heavy atom. The van der Waals surface area contributed by atoms with Gasteiger partial charge in [0.25, 0.3) is 0 Å². The van der Waals surface area contributed by atoms with Gasteiger partial charge in [0, 0.05) is 11.5 Å². The molecule has 74 valence electrons. The molecule has 13 heavy (non-hydrogen) atoms. The van der Waals surface area contributed by atoms with E-state index in [2.05, 4.69) is 17.5 Å². The van der Waals surface area contributed by atoms with E-state index >= 15 is 0 Å². The summed E-state index contributed by atoms with van der Waals surface area (Å²) in [6.45, 7) is 2.29. The van der Waals surface area contributed by atoms with E-state index in [-0.39, 0.29) is 0 Å². The number of thioether (sulfide) groups is 1. The van der Waals surface area contributed by atoms with Crippen molar-refractivity contribution in [1.82, 2.24) is 5.43 Å². The summed E-state index contributed by atoms with van der Waals surface area (Å²) in [6, 6.07) is 0.644. The van der Waals surface area contributed by atoms with Gasteiger partial charge in [0.1, 0.15) is 0 Å². The van der Waals surface area contributed by atoms with Crippen LogP contribution < -0.4 is 5.43 Å². The zero-order valence-corrected chi connectivity index (χ0v) is 9.07. The first kappa shape index (κ1) is 9.38. The Morgan fingerprint density at radius 3 is 3.00 bits per heavy atom. The molecule has 0 aromatic heterocycles. The number of hydrogen-bond acceptors (Lipinski definition) is 3. The summed E-state index contributed by atoms with van der Waals surface area (Å²) in [4.78, 5) is 0. The van der Waals surface area contributed by atoms with E-state index < -0.39 is 0 Å². The molecule has 1 N–H and O–H groups in total. The summed E-state index contributed by atoms with van der Waals surface area (Å²) in [5.41, 5.74) is 4.72. The van der Waals surface area contributed by atoms with Gasteiger partial charge in [0.05, 0.1) is 6.04 Å². The maximum Gasteiger partial charge on any atom is 0.0538 e. The monoisotopic (exact) mass is 198 g/mol. The van der Waals surface area contributed by atoms with Crippen LogP contribution in [-0.4, -0.2) is 23.3 Å². The molecule has 2 rings (SSSR count). The van der Waals surface area contributed by atoms with E-state index in [1.807, 2.05) is 11.8 Å². The summed E-state index contributed by atoms with van der Waals surface area (Å²) in [5, 5.41) is 4.54. The molecule has 3 heteroatoms. The van der Waals surface area contributed by atoms with Gasteiger partial charge in [0.2, 0.25) is 0 Å². The fourth-order valence-electron chi connectivity index (χ4n) is 1.98. The van der Waals surface area contributed by atoms with Crippen molar-refractivity contribution in [2.45, 2.75) is 38.6 Å². The second kappa shape index (κ2) is 4.36. The van der Waals surface area contributed by atoms with Crippen LogP contribution in [0.3, 0.4) is 0 Å². The molecule has 0 amide bonds. The van der Waals surface area contributed by atoms with Gasteiger partial charge in [-0.15, -0.1) is 0 Å². The highest BCUT2D eigenvalue weighted by Gasteiger charge is 2.19. The minimum atomic E-state index is 0.644. The maximum atomic E-state index is 4.54. The van der Waals surface area contributed by atoms with E-state index in [9.17, 15) is 0 Å². The molecule has 1 aliphatic heterocycles. The number of nitrogens with zero attached hydrogens (tertiary/aromatic N) is 1. The Labute approximate surface area is 84.6 Å². The molecule has 1 saturated carbocycles. The van der Waals surface area contributed by atoms with Gasteiger partial charge in [-0.1, -0.05) is 6.92 Å². The Hall–Kier alpha value is -0.180. The van der Waals surface area contributed by atoms with Crippen molar-refractivity contribution in [1.29, 1.82) is 0 Å². The first-order chi connectivity index (χ1) is 6.36. The van der Waals surface area contributed by atoms with Crippen molar-refractivity contribution in [3.05, 3.63) is 0 Å². The van der Waals surface area contributed by atoms with Crippen molar-refractivity contribution >= 4 is 17.5 Å². The normalized spacial score (nSPS) is 37.2. The molecule has 2 fully saturated rings. The smallest absolute Gasteiger partial charge is 0.0538 e. The van der Waals surface area contributed by atoms with Crippen LogP contribution in [0.5, 0.6) is 0 Å². The van der Waals surface area contributed by atoms with Gasteiger partial charge in [0.15, 0.2) is 0 Å². The Bertz CT molecular complexity index is 197. The SMILES string of the molecule is CC1CCC/C1=N\NC1CCSC1. The molecule has 2 unspecified atom stereocenters. The lowest BCUT2D eigenvalue weighted by molar-refractivity contribution is 0.579. The summed E-state index contributed by atoms with van der Waals surface area (Å²) < 4.78 is 0. The third-order valence-electron chi connectivity index (χ3n) is 2.96. The fraction of sp³-hybridized carbons (Fsp3) is 0.900. The molecule has 0 aromatic rings. The lowest BCUT2D eigenvalue weighted by atomic mass is 10.1. The van der Waals surface area contributed by atoms with Gasteiger partial charge in [-0.25, -0.2) is 0 Å². The van der Waals surface area contributed by atoms with Crippen LogP contribution in [0.2, 0.25) is 0 Å². The topological polar surface area (TPSA) is 24.4 Å². The number of rotatable bonds is 2. The first-order valence-corrected chi connectivity index (χ1v) is 6.41. The first-order valence-electron chi connectivity index (χ1n) is 5.26. The van der Waals surface area contributed by atoms with E-state index in [1.54, 1.807) is 0 Å². The lowest BCUT2D eigenvalue weighted by Gasteiger charge is -2.09. The molecule has 1 saturated heterocycles. The van der Waals surface area contributed by atoms with E-state index in [0.29, 0.717) is 6.04 Å². The largest absolute Gasteiger partial charge is 0.306 e. The number of nitrogens with one attached hydrogen (secondary N) is 1. The van der Waals surface area contributed by atoms with Gasteiger partial charge in [-0.2, -0.15) is 16.9 Å². The van der Waals surface area contributed by atoms with Crippen LogP contribution in [0.4, 0.5) is 0 Å². The fourth-order valence-corrected chi connectivity index (χ4v) is 3.12. The summed E-state index contributed by atoms with van der Waals surface area (Å²) >= 11 is 2.03. The van der Waals surface area contributed by atoms with Gasteiger partial charge < -0.3 is 5.43 Å². The highest BCUT2D eigenvalue weighted by molar-refractivity contribution is 7.99. The quantitative estimate of drug-likeness (QED) is 0.688. The van der Waals surface area contributed by atoms with Crippen molar-refractivity contribution in [3.8, 4) is 0 Å². The minimum Gasteiger partial charge on any atom is -0.306 e. The predicted octanol–water partition coefficient (Wildman–Crippen LogP) is 2.26. The summed E-state index contributed by atoms with van der Waals surface area (Å²) in [7, 11) is 0. The minimum absolute atomic E-state index is 0.644. The summed E-state index contributed by atoms with van der Waals surface area (Å²) in [6.07, 6.45) is 5.17. The molecule has 1 heterocycles. The standard InChI is InChI=1S/C10H18N2S/c1-8-3-2-4-10(8)12-11-9-5-6-13-7-9/h8-9,11H,2-7H2,1H3/b12-10+. The summed E-state index contributed by atoms with van der Waals surface area (Å²) in [5.74, 6) is 3.27. The van der Waals surface area contributed by atoms with Crippen LogP contribution in [0, 0.1) is 5.92 Å². The maximum absolute atomic E-state index is 4.54. The van der Waals surface area contributed by atoms with E-state index in [1.165, 1.54) is 42.9 Å². The van der Waals surface area contributed by atoms with E-state index in [4.69, 9.17) is 0 Å². The molecule has 1 aliphatic carbocycles. The zero-order chi connectivity index (χ0) is 9.10. The Kier molecular flexibility index (Phi) is 3.14. The second-order valence-corrected chi connectivity index (χ2v) is 5.24. The predicted molar refractivity (Wildman–Crippen MR) is 59.3 cm³/mol. The number of hydrazone groups is 1. The van der Waals surface area contributed by atoms with Crippen LogP contribution in [-0.2, 0) is 0 Å². The van der Waals surface area contributed by atoms with Crippen molar-refractivity contribution in [2.24, 2.45) is 11.0 Å². The molecule has 2 atom stereocenters. The molecule has 0 bridgehead atoms. The average molecular weight is 198 g/mol. The van der Waals surface area contributed by atoms with Crippen molar-refractivity contribution in [2.75, 3.05) is 11.5 Å².